The maximum atomic E-state index is 12.9. The van der Waals surface area contributed by atoms with Crippen LogP contribution in [0.15, 0.2) is 66.6 Å². The van der Waals surface area contributed by atoms with Crippen LogP contribution in [0.1, 0.15) is 15.9 Å². The summed E-state index contributed by atoms with van der Waals surface area (Å²) < 4.78 is 7.66. The number of phenolic OH excluding ortho intramolecular Hbond substituents is 2. The number of hydrogen-bond acceptors (Lipinski definition) is 5. The number of phenols is 2. The number of aryl methyl sites for hydroxylation is 1. The lowest BCUT2D eigenvalue weighted by atomic mass is 9.98. The molecule has 2 amide bonds. The van der Waals surface area contributed by atoms with Crippen molar-refractivity contribution in [3.8, 4) is 28.4 Å². The Kier molecular flexibility index (Phi) is 5.21. The van der Waals surface area contributed by atoms with Gasteiger partial charge in [-0.15, -0.1) is 0 Å². The van der Waals surface area contributed by atoms with Crippen molar-refractivity contribution < 1.29 is 24.5 Å². The highest BCUT2D eigenvalue weighted by molar-refractivity contribution is 6.17. The number of fused-ring (bicyclic) bond motifs is 2. The van der Waals surface area contributed by atoms with Crippen LogP contribution in [0.3, 0.4) is 0 Å². The van der Waals surface area contributed by atoms with E-state index in [0.29, 0.717) is 5.69 Å². The van der Waals surface area contributed by atoms with Crippen molar-refractivity contribution in [1.82, 2.24) is 9.47 Å². The summed E-state index contributed by atoms with van der Waals surface area (Å²) >= 11 is 0. The number of aromatic hydroxyl groups is 2. The van der Waals surface area contributed by atoms with Crippen LogP contribution in [0.25, 0.3) is 28.1 Å². The van der Waals surface area contributed by atoms with Gasteiger partial charge in [-0.25, -0.2) is 4.79 Å². The van der Waals surface area contributed by atoms with Gasteiger partial charge in [0, 0.05) is 61.6 Å². The molecule has 1 aliphatic rings. The standard InChI is InChI=1S/C27H23N3O5/c1-29(2)27(34)28-17-9-7-15(8-10-17)19-5-4-6-20-24(19)16(14-30(20)3)11-23-26(33)25-21(32)12-18(31)13-22(25)35-23/h4-14,31-32H,1-3H3,(H,28,34)/b23-11-. The minimum absolute atomic E-state index is 0.0323. The van der Waals surface area contributed by atoms with Crippen molar-refractivity contribution in [3.63, 3.8) is 0 Å². The van der Waals surface area contributed by atoms with E-state index in [0.717, 1.165) is 33.7 Å². The number of nitrogens with one attached hydrogen (secondary N) is 1. The van der Waals surface area contributed by atoms with Crippen LogP contribution in [0.5, 0.6) is 17.2 Å². The molecule has 8 nitrogen and oxygen atoms in total. The SMILES string of the molecule is CN(C)C(=O)Nc1ccc(-c2cccc3c2c(/C=C2\Oc4cc(O)cc(O)c4C2=O)cn3C)cc1. The van der Waals surface area contributed by atoms with Crippen molar-refractivity contribution in [2.24, 2.45) is 7.05 Å². The zero-order chi connectivity index (χ0) is 24.9. The third-order valence-electron chi connectivity index (χ3n) is 5.92. The van der Waals surface area contributed by atoms with E-state index in [9.17, 15) is 19.8 Å². The number of urea groups is 1. The van der Waals surface area contributed by atoms with Crippen molar-refractivity contribution in [2.45, 2.75) is 0 Å². The molecule has 0 unspecified atom stereocenters. The molecule has 2 heterocycles. The lowest BCUT2D eigenvalue weighted by Crippen LogP contribution is -2.27. The summed E-state index contributed by atoms with van der Waals surface area (Å²) in [6, 6.07) is 15.7. The highest BCUT2D eigenvalue weighted by Gasteiger charge is 2.31. The minimum atomic E-state index is -0.451. The van der Waals surface area contributed by atoms with Gasteiger partial charge >= 0.3 is 6.03 Å². The molecular weight excluding hydrogens is 446 g/mol. The number of carbonyl (C=O) groups excluding carboxylic acids is 2. The van der Waals surface area contributed by atoms with Crippen LogP contribution in [0, 0.1) is 0 Å². The molecule has 0 radical (unpaired) electrons. The van der Waals surface area contributed by atoms with E-state index in [1.165, 1.54) is 11.0 Å². The second-order valence-corrected chi connectivity index (χ2v) is 8.57. The molecule has 0 saturated heterocycles. The van der Waals surface area contributed by atoms with Gasteiger partial charge in [0.25, 0.3) is 0 Å². The fourth-order valence-corrected chi connectivity index (χ4v) is 4.22. The Morgan fingerprint density at radius 1 is 1.09 bits per heavy atom. The first kappa shape index (κ1) is 22.1. The molecule has 3 N–H and O–H groups in total. The van der Waals surface area contributed by atoms with Gasteiger partial charge in [-0.1, -0.05) is 24.3 Å². The first-order valence-corrected chi connectivity index (χ1v) is 10.9. The highest BCUT2D eigenvalue weighted by atomic mass is 16.5. The fraction of sp³-hybridized carbons (Fsp3) is 0.111. The molecule has 8 heteroatoms. The Labute approximate surface area is 201 Å². The lowest BCUT2D eigenvalue weighted by Gasteiger charge is -2.12. The van der Waals surface area contributed by atoms with Crippen LogP contribution < -0.4 is 10.1 Å². The summed E-state index contributed by atoms with van der Waals surface area (Å²) in [6.45, 7) is 0. The smallest absolute Gasteiger partial charge is 0.321 e. The monoisotopic (exact) mass is 469 g/mol. The molecule has 0 aliphatic carbocycles. The maximum Gasteiger partial charge on any atom is 0.321 e. The molecule has 0 bridgehead atoms. The van der Waals surface area contributed by atoms with Gasteiger partial charge in [-0.3, -0.25) is 4.79 Å². The zero-order valence-electron chi connectivity index (χ0n) is 19.4. The highest BCUT2D eigenvalue weighted by Crippen LogP contribution is 2.41. The first-order chi connectivity index (χ1) is 16.7. The van der Waals surface area contributed by atoms with E-state index in [2.05, 4.69) is 5.32 Å². The molecule has 176 valence electrons. The molecular formula is C27H23N3O5. The average molecular weight is 469 g/mol. The van der Waals surface area contributed by atoms with Crippen molar-refractivity contribution in [1.29, 1.82) is 0 Å². The van der Waals surface area contributed by atoms with E-state index in [4.69, 9.17) is 4.74 Å². The molecule has 0 fully saturated rings. The largest absolute Gasteiger partial charge is 0.508 e. The number of aromatic nitrogens is 1. The van der Waals surface area contributed by atoms with E-state index in [-0.39, 0.29) is 34.6 Å². The van der Waals surface area contributed by atoms with Crippen LogP contribution in [-0.4, -0.2) is 45.6 Å². The predicted octanol–water partition coefficient (Wildman–Crippen LogP) is 4.97. The van der Waals surface area contributed by atoms with Gasteiger partial charge in [0.05, 0.1) is 0 Å². The van der Waals surface area contributed by atoms with Gasteiger partial charge in [0.15, 0.2) is 5.76 Å². The van der Waals surface area contributed by atoms with Crippen LogP contribution >= 0.6 is 0 Å². The number of ketones is 1. The van der Waals surface area contributed by atoms with Crippen molar-refractivity contribution in [2.75, 3.05) is 19.4 Å². The Morgan fingerprint density at radius 3 is 2.54 bits per heavy atom. The van der Waals surface area contributed by atoms with E-state index < -0.39 is 5.78 Å². The van der Waals surface area contributed by atoms with Gasteiger partial charge in [0.2, 0.25) is 5.78 Å². The quantitative estimate of drug-likeness (QED) is 0.368. The Morgan fingerprint density at radius 2 is 1.83 bits per heavy atom. The average Bonchev–Trinajstić information content (AvgIpc) is 3.30. The number of amides is 2. The first-order valence-electron chi connectivity index (χ1n) is 10.9. The van der Waals surface area contributed by atoms with Gasteiger partial charge in [0.1, 0.15) is 22.8 Å². The number of Topliss-reactive ketones (excluding diaryl/α,β-unsaturated/α-hetero) is 1. The van der Waals surface area contributed by atoms with Crippen LogP contribution in [-0.2, 0) is 7.05 Å². The second kappa shape index (κ2) is 8.25. The molecule has 5 rings (SSSR count). The molecule has 1 aliphatic heterocycles. The van der Waals surface area contributed by atoms with E-state index in [1.54, 1.807) is 20.2 Å². The molecule has 0 atom stereocenters. The number of hydrogen-bond donors (Lipinski definition) is 3. The lowest BCUT2D eigenvalue weighted by molar-refractivity contribution is 0.101. The van der Waals surface area contributed by atoms with E-state index in [1.807, 2.05) is 60.3 Å². The number of ether oxygens (including phenoxy) is 1. The Balaban J connectivity index is 1.57. The topological polar surface area (TPSA) is 104 Å². The number of allylic oxidation sites excluding steroid dienone is 1. The molecule has 3 aromatic carbocycles. The summed E-state index contributed by atoms with van der Waals surface area (Å²) in [7, 11) is 5.28. The third-order valence-corrected chi connectivity index (χ3v) is 5.92. The van der Waals surface area contributed by atoms with Crippen molar-refractivity contribution in [3.05, 3.63) is 77.7 Å². The minimum Gasteiger partial charge on any atom is -0.508 e. The molecule has 1 aromatic heterocycles. The summed E-state index contributed by atoms with van der Waals surface area (Å²) in [6.07, 6.45) is 3.56. The summed E-state index contributed by atoms with van der Waals surface area (Å²) in [4.78, 5) is 26.3. The maximum absolute atomic E-state index is 12.9. The van der Waals surface area contributed by atoms with Crippen LogP contribution in [0.2, 0.25) is 0 Å². The fourth-order valence-electron chi connectivity index (χ4n) is 4.22. The van der Waals surface area contributed by atoms with Crippen molar-refractivity contribution >= 4 is 34.5 Å². The number of nitrogens with zero attached hydrogens (tertiary/aromatic N) is 2. The Bertz CT molecular complexity index is 1530. The third kappa shape index (κ3) is 3.85. The molecule has 0 saturated carbocycles. The normalized spacial score (nSPS) is 13.7. The summed E-state index contributed by atoms with van der Waals surface area (Å²) in [5, 5.41) is 23.6. The number of rotatable bonds is 3. The van der Waals surface area contributed by atoms with Crippen LogP contribution in [0.4, 0.5) is 10.5 Å². The van der Waals surface area contributed by atoms with Gasteiger partial charge in [-0.05, 0) is 35.4 Å². The predicted molar refractivity (Wildman–Crippen MR) is 134 cm³/mol. The van der Waals surface area contributed by atoms with E-state index >= 15 is 0 Å². The zero-order valence-corrected chi connectivity index (χ0v) is 19.4. The second-order valence-electron chi connectivity index (χ2n) is 8.57. The molecule has 35 heavy (non-hydrogen) atoms. The number of anilines is 1. The summed E-state index contributed by atoms with van der Waals surface area (Å²) in [5.41, 5.74) is 4.33. The summed E-state index contributed by atoms with van der Waals surface area (Å²) in [5.74, 6) is -0.783. The number of benzene rings is 3. The molecule has 4 aromatic rings. The number of carbonyl (C=O) groups is 2. The molecule has 0 spiro atoms. The Hall–Kier alpha value is -4.72. The van der Waals surface area contributed by atoms with Gasteiger partial charge < -0.3 is 29.7 Å². The van der Waals surface area contributed by atoms with Gasteiger partial charge in [-0.2, -0.15) is 0 Å².